The van der Waals surface area contributed by atoms with E-state index in [0.717, 1.165) is 6.54 Å². The van der Waals surface area contributed by atoms with Crippen LogP contribution in [0.25, 0.3) is 0 Å². The van der Waals surface area contributed by atoms with Gasteiger partial charge in [-0.2, -0.15) is 0 Å². The number of rotatable bonds is 0. The number of hydrogen-bond donors (Lipinski definition) is 1. The van der Waals surface area contributed by atoms with Crippen LogP contribution in [0.1, 0.15) is 20.3 Å². The molecule has 1 nitrogen and oxygen atoms in total. The van der Waals surface area contributed by atoms with Gasteiger partial charge in [-0.05, 0) is 26.8 Å². The first kappa shape index (κ1) is 5.83. The van der Waals surface area contributed by atoms with Crippen molar-refractivity contribution >= 4 is 0 Å². The standard InChI is InChI=1S/C7H13N/c1-6-4-3-5-8-7(6)2/h4,7-8H,3,5H2,1-2H3. The first-order chi connectivity index (χ1) is 3.80. The van der Waals surface area contributed by atoms with Crippen molar-refractivity contribution < 1.29 is 0 Å². The largest absolute Gasteiger partial charge is 0.310 e. The Kier molecular flexibility index (Phi) is 1.69. The Bertz CT molecular complexity index is 105. The fourth-order valence-corrected chi connectivity index (χ4v) is 0.937. The van der Waals surface area contributed by atoms with Crippen LogP contribution in [0.3, 0.4) is 0 Å². The average Bonchev–Trinajstić information content (AvgIpc) is 1.77. The van der Waals surface area contributed by atoms with Crippen molar-refractivity contribution in [2.75, 3.05) is 6.54 Å². The number of nitrogens with one attached hydrogen (secondary N) is 1. The minimum atomic E-state index is 0.615. The van der Waals surface area contributed by atoms with E-state index in [1.54, 1.807) is 0 Å². The van der Waals surface area contributed by atoms with Crippen LogP contribution >= 0.6 is 0 Å². The molecule has 8 heavy (non-hydrogen) atoms. The third kappa shape index (κ3) is 1.10. The summed E-state index contributed by atoms with van der Waals surface area (Å²) >= 11 is 0. The molecule has 1 heteroatoms. The summed E-state index contributed by atoms with van der Waals surface area (Å²) in [5.41, 5.74) is 1.48. The van der Waals surface area contributed by atoms with E-state index in [0.29, 0.717) is 6.04 Å². The van der Waals surface area contributed by atoms with Crippen molar-refractivity contribution in [2.45, 2.75) is 26.3 Å². The van der Waals surface area contributed by atoms with Crippen LogP contribution in [0.15, 0.2) is 11.6 Å². The van der Waals surface area contributed by atoms with Gasteiger partial charge in [0.1, 0.15) is 0 Å². The monoisotopic (exact) mass is 111 g/mol. The molecular formula is C7H13N. The Morgan fingerprint density at radius 2 is 2.50 bits per heavy atom. The van der Waals surface area contributed by atoms with Crippen LogP contribution in [0.2, 0.25) is 0 Å². The highest BCUT2D eigenvalue weighted by Gasteiger charge is 2.05. The molecular weight excluding hydrogens is 98.1 g/mol. The van der Waals surface area contributed by atoms with Crippen LogP contribution in [-0.4, -0.2) is 12.6 Å². The molecule has 1 rings (SSSR count). The van der Waals surface area contributed by atoms with E-state index < -0.39 is 0 Å². The molecule has 0 saturated carbocycles. The molecule has 1 heterocycles. The van der Waals surface area contributed by atoms with Crippen LogP contribution in [0.5, 0.6) is 0 Å². The predicted octanol–water partition coefficient (Wildman–Crippen LogP) is 1.31. The zero-order valence-electron chi connectivity index (χ0n) is 5.57. The molecule has 46 valence electrons. The molecule has 1 atom stereocenters. The van der Waals surface area contributed by atoms with Crippen molar-refractivity contribution in [1.82, 2.24) is 5.32 Å². The Morgan fingerprint density at radius 1 is 1.75 bits per heavy atom. The smallest absolute Gasteiger partial charge is 0.0248 e. The van der Waals surface area contributed by atoms with Crippen LogP contribution in [0.4, 0.5) is 0 Å². The lowest BCUT2D eigenvalue weighted by Gasteiger charge is -2.18. The van der Waals surface area contributed by atoms with E-state index in [1.165, 1.54) is 12.0 Å². The average molecular weight is 111 g/mol. The van der Waals surface area contributed by atoms with Gasteiger partial charge in [0.2, 0.25) is 0 Å². The quantitative estimate of drug-likeness (QED) is 0.465. The molecule has 0 aromatic carbocycles. The molecule has 1 aliphatic rings. The van der Waals surface area contributed by atoms with E-state index in [1.807, 2.05) is 0 Å². The number of hydrogen-bond acceptors (Lipinski definition) is 1. The third-order valence-corrected chi connectivity index (χ3v) is 1.74. The van der Waals surface area contributed by atoms with Gasteiger partial charge in [0, 0.05) is 6.04 Å². The first-order valence-electron chi connectivity index (χ1n) is 3.21. The molecule has 1 unspecified atom stereocenters. The van der Waals surface area contributed by atoms with Gasteiger partial charge >= 0.3 is 0 Å². The van der Waals surface area contributed by atoms with Gasteiger partial charge < -0.3 is 5.32 Å². The zero-order chi connectivity index (χ0) is 5.98. The Hall–Kier alpha value is -0.300. The molecule has 0 spiro atoms. The maximum atomic E-state index is 3.36. The zero-order valence-corrected chi connectivity index (χ0v) is 5.57. The van der Waals surface area contributed by atoms with Crippen molar-refractivity contribution in [3.05, 3.63) is 11.6 Å². The molecule has 0 amide bonds. The van der Waals surface area contributed by atoms with E-state index >= 15 is 0 Å². The summed E-state index contributed by atoms with van der Waals surface area (Å²) < 4.78 is 0. The Balaban J connectivity index is 2.53. The molecule has 0 aromatic rings. The normalized spacial score (nSPS) is 29.8. The molecule has 0 aromatic heterocycles. The summed E-state index contributed by atoms with van der Waals surface area (Å²) in [4.78, 5) is 0. The molecule has 0 saturated heterocycles. The summed E-state index contributed by atoms with van der Waals surface area (Å²) in [6.45, 7) is 5.53. The van der Waals surface area contributed by atoms with Crippen LogP contribution < -0.4 is 5.32 Å². The summed E-state index contributed by atoms with van der Waals surface area (Å²) in [5.74, 6) is 0. The van der Waals surface area contributed by atoms with Gasteiger partial charge in [-0.1, -0.05) is 11.6 Å². The van der Waals surface area contributed by atoms with Crippen molar-refractivity contribution in [1.29, 1.82) is 0 Å². The molecule has 0 bridgehead atoms. The van der Waals surface area contributed by atoms with Gasteiger partial charge in [0.05, 0.1) is 0 Å². The second-order valence-electron chi connectivity index (χ2n) is 2.41. The summed E-state index contributed by atoms with van der Waals surface area (Å²) in [7, 11) is 0. The predicted molar refractivity (Wildman–Crippen MR) is 35.8 cm³/mol. The summed E-state index contributed by atoms with van der Waals surface area (Å²) in [6.07, 6.45) is 3.51. The van der Waals surface area contributed by atoms with Gasteiger partial charge in [0.15, 0.2) is 0 Å². The molecule has 0 fully saturated rings. The highest BCUT2D eigenvalue weighted by atomic mass is 14.9. The fraction of sp³-hybridized carbons (Fsp3) is 0.714. The molecule has 0 aliphatic carbocycles. The molecule has 0 radical (unpaired) electrons. The SMILES string of the molecule is CC1=CCCNC1C. The third-order valence-electron chi connectivity index (χ3n) is 1.74. The Labute approximate surface area is 50.8 Å². The Morgan fingerprint density at radius 3 is 2.88 bits per heavy atom. The highest BCUT2D eigenvalue weighted by molar-refractivity contribution is 5.09. The van der Waals surface area contributed by atoms with Gasteiger partial charge in [-0.15, -0.1) is 0 Å². The van der Waals surface area contributed by atoms with Gasteiger partial charge in [0.25, 0.3) is 0 Å². The minimum absolute atomic E-state index is 0.615. The molecule has 1 aliphatic heterocycles. The fourth-order valence-electron chi connectivity index (χ4n) is 0.937. The second kappa shape index (κ2) is 2.31. The van der Waals surface area contributed by atoms with Crippen LogP contribution in [-0.2, 0) is 0 Å². The summed E-state index contributed by atoms with van der Waals surface area (Å²) in [6, 6.07) is 0.615. The van der Waals surface area contributed by atoms with Crippen LogP contribution in [0, 0.1) is 0 Å². The van der Waals surface area contributed by atoms with Crippen molar-refractivity contribution in [3.63, 3.8) is 0 Å². The lowest BCUT2D eigenvalue weighted by Crippen LogP contribution is -2.30. The maximum Gasteiger partial charge on any atom is 0.0248 e. The van der Waals surface area contributed by atoms with Crippen molar-refractivity contribution in [2.24, 2.45) is 0 Å². The first-order valence-corrected chi connectivity index (χ1v) is 3.21. The van der Waals surface area contributed by atoms with E-state index in [-0.39, 0.29) is 0 Å². The lowest BCUT2D eigenvalue weighted by molar-refractivity contribution is 0.584. The van der Waals surface area contributed by atoms with E-state index in [2.05, 4.69) is 25.2 Å². The maximum absolute atomic E-state index is 3.36. The van der Waals surface area contributed by atoms with Gasteiger partial charge in [-0.25, -0.2) is 0 Å². The summed E-state index contributed by atoms with van der Waals surface area (Å²) in [5, 5.41) is 3.36. The lowest BCUT2D eigenvalue weighted by atomic mass is 10.1. The van der Waals surface area contributed by atoms with Crippen molar-refractivity contribution in [3.8, 4) is 0 Å². The minimum Gasteiger partial charge on any atom is -0.310 e. The van der Waals surface area contributed by atoms with E-state index in [9.17, 15) is 0 Å². The molecule has 1 N–H and O–H groups in total. The topological polar surface area (TPSA) is 12.0 Å². The highest BCUT2D eigenvalue weighted by Crippen LogP contribution is 2.05. The van der Waals surface area contributed by atoms with Gasteiger partial charge in [-0.3, -0.25) is 0 Å². The van der Waals surface area contributed by atoms with E-state index in [4.69, 9.17) is 0 Å². The second-order valence-corrected chi connectivity index (χ2v) is 2.41.